The minimum atomic E-state index is -0.539. The van der Waals surface area contributed by atoms with Crippen molar-refractivity contribution in [2.24, 2.45) is 0 Å². The van der Waals surface area contributed by atoms with Gasteiger partial charge in [-0.1, -0.05) is 46.3 Å². The second-order valence-electron chi connectivity index (χ2n) is 8.47. The Kier molecular flexibility index (Phi) is 6.15. The van der Waals surface area contributed by atoms with Gasteiger partial charge in [0, 0.05) is 11.0 Å². The van der Waals surface area contributed by atoms with E-state index in [9.17, 15) is 9.59 Å². The smallest absolute Gasteiger partial charge is 0.251 e. The van der Waals surface area contributed by atoms with Gasteiger partial charge in [0.2, 0.25) is 5.91 Å². The minimum absolute atomic E-state index is 0.156. The molecule has 0 bridgehead atoms. The molecule has 5 rings (SSSR count). The number of halogens is 1. The Morgan fingerprint density at radius 2 is 1.59 bits per heavy atom. The monoisotopic (exact) mass is 520 g/mol. The van der Waals surface area contributed by atoms with Crippen molar-refractivity contribution in [1.82, 2.24) is 4.90 Å². The number of fused-ring (bicyclic) bond motifs is 1. The number of hydrogen-bond acceptors (Lipinski definition) is 5. The third-order valence-corrected chi connectivity index (χ3v) is 7.16. The number of hydrogen-bond donors (Lipinski definition) is 0. The average Bonchev–Trinajstić information content (AvgIpc) is 3.16. The van der Waals surface area contributed by atoms with E-state index in [2.05, 4.69) is 33.0 Å². The molecule has 6 nitrogen and oxygen atoms in total. The zero-order chi connectivity index (χ0) is 23.8. The number of rotatable bonds is 5. The predicted molar refractivity (Wildman–Crippen MR) is 133 cm³/mol. The molecule has 2 aliphatic heterocycles. The number of carbonyl (C=O) groups excluding carboxylic acids is 2. The van der Waals surface area contributed by atoms with Gasteiger partial charge in [0.25, 0.3) is 5.91 Å². The first-order chi connectivity index (χ1) is 16.5. The number of ether oxygens (including phenoxy) is 2. The van der Waals surface area contributed by atoms with Crippen molar-refractivity contribution in [2.45, 2.75) is 24.9 Å². The molecule has 2 amide bonds. The lowest BCUT2D eigenvalue weighted by atomic mass is 9.86. The average molecular weight is 521 g/mol. The van der Waals surface area contributed by atoms with Crippen LogP contribution in [-0.4, -0.2) is 43.5 Å². The molecule has 0 radical (unpaired) electrons. The van der Waals surface area contributed by atoms with Crippen molar-refractivity contribution in [3.05, 3.63) is 87.9 Å². The Labute approximate surface area is 207 Å². The van der Waals surface area contributed by atoms with Crippen LogP contribution in [0, 0.1) is 0 Å². The van der Waals surface area contributed by atoms with Gasteiger partial charge in [-0.3, -0.25) is 14.5 Å². The van der Waals surface area contributed by atoms with Crippen molar-refractivity contribution in [1.29, 1.82) is 0 Å². The maximum absolute atomic E-state index is 13.6. The van der Waals surface area contributed by atoms with Crippen LogP contribution in [0.1, 0.15) is 29.2 Å². The Morgan fingerprint density at radius 1 is 0.912 bits per heavy atom. The number of nitrogens with zero attached hydrogens (tertiary/aromatic N) is 2. The first-order valence-corrected chi connectivity index (χ1v) is 12.0. The van der Waals surface area contributed by atoms with Gasteiger partial charge in [0.15, 0.2) is 11.5 Å². The number of methoxy groups -OCH3 is 2. The summed E-state index contributed by atoms with van der Waals surface area (Å²) < 4.78 is 12.1. The van der Waals surface area contributed by atoms with E-state index in [1.165, 1.54) is 4.90 Å². The fourth-order valence-electron chi connectivity index (χ4n) is 5.04. The van der Waals surface area contributed by atoms with Gasteiger partial charge in [0.1, 0.15) is 0 Å². The molecule has 0 aliphatic carbocycles. The maximum Gasteiger partial charge on any atom is 0.251 e. The molecule has 3 aromatic rings. The van der Waals surface area contributed by atoms with Crippen molar-refractivity contribution in [2.75, 3.05) is 25.7 Å². The Morgan fingerprint density at radius 3 is 2.26 bits per heavy atom. The second kappa shape index (κ2) is 9.24. The molecule has 174 valence electrons. The zero-order valence-electron chi connectivity index (χ0n) is 19.0. The molecule has 0 saturated carbocycles. The molecular formula is C27H25BrN2O4. The van der Waals surface area contributed by atoms with E-state index in [0.717, 1.165) is 27.6 Å². The zero-order valence-corrected chi connectivity index (χ0v) is 20.6. The fourth-order valence-corrected chi connectivity index (χ4v) is 5.30. The highest BCUT2D eigenvalue weighted by Crippen LogP contribution is 2.43. The van der Waals surface area contributed by atoms with Crippen molar-refractivity contribution in [3.8, 4) is 11.5 Å². The van der Waals surface area contributed by atoms with Crippen LogP contribution < -0.4 is 14.4 Å². The molecule has 0 N–H and O–H groups in total. The van der Waals surface area contributed by atoms with Crippen LogP contribution in [0.5, 0.6) is 11.5 Å². The van der Waals surface area contributed by atoms with Gasteiger partial charge in [-0.25, -0.2) is 4.90 Å². The molecule has 2 unspecified atom stereocenters. The summed E-state index contributed by atoms with van der Waals surface area (Å²) in [7, 11) is 3.25. The molecule has 0 spiro atoms. The van der Waals surface area contributed by atoms with Crippen LogP contribution in [-0.2, 0) is 16.0 Å². The van der Waals surface area contributed by atoms with Crippen LogP contribution >= 0.6 is 15.9 Å². The van der Waals surface area contributed by atoms with Crippen molar-refractivity contribution >= 4 is 33.4 Å². The summed E-state index contributed by atoms with van der Waals surface area (Å²) in [4.78, 5) is 30.1. The number of para-hydroxylation sites is 1. The highest BCUT2D eigenvalue weighted by Gasteiger charge is 2.46. The lowest BCUT2D eigenvalue weighted by molar-refractivity contribution is -0.123. The highest BCUT2D eigenvalue weighted by atomic mass is 79.9. The van der Waals surface area contributed by atoms with Gasteiger partial charge in [-0.05, 0) is 59.5 Å². The highest BCUT2D eigenvalue weighted by molar-refractivity contribution is 9.10. The first kappa shape index (κ1) is 22.6. The van der Waals surface area contributed by atoms with Crippen LogP contribution in [0.3, 0.4) is 0 Å². The maximum atomic E-state index is 13.6. The van der Waals surface area contributed by atoms with Gasteiger partial charge < -0.3 is 9.47 Å². The van der Waals surface area contributed by atoms with Gasteiger partial charge in [0.05, 0.1) is 38.4 Å². The summed E-state index contributed by atoms with van der Waals surface area (Å²) >= 11 is 3.52. The number of anilines is 1. The standard InChI is InChI=1S/C27H25BrN2O4/c1-33-23-14-18-12-13-29(22-16-25(31)30(27(22)32)20-6-4-3-5-7-20)26(21(18)15-24(23)34-2)17-8-10-19(28)11-9-17/h3-11,14-15,22,26H,12-13,16H2,1-2H3. The number of benzene rings is 3. The summed E-state index contributed by atoms with van der Waals surface area (Å²) in [6.07, 6.45) is 0.898. The molecule has 7 heteroatoms. The van der Waals surface area contributed by atoms with Crippen LogP contribution in [0.2, 0.25) is 0 Å². The largest absolute Gasteiger partial charge is 0.493 e. The summed E-state index contributed by atoms with van der Waals surface area (Å²) in [6, 6.07) is 20.6. The lowest BCUT2D eigenvalue weighted by Gasteiger charge is -2.40. The molecule has 2 aliphatic rings. The topological polar surface area (TPSA) is 59.1 Å². The quantitative estimate of drug-likeness (QED) is 0.454. The first-order valence-electron chi connectivity index (χ1n) is 11.2. The molecule has 1 saturated heterocycles. The van der Waals surface area contributed by atoms with Crippen molar-refractivity contribution in [3.63, 3.8) is 0 Å². The lowest BCUT2D eigenvalue weighted by Crippen LogP contribution is -2.47. The Bertz CT molecular complexity index is 1230. The Balaban J connectivity index is 1.59. The van der Waals surface area contributed by atoms with Crippen molar-refractivity contribution < 1.29 is 19.1 Å². The molecular weight excluding hydrogens is 496 g/mol. The third kappa shape index (κ3) is 3.89. The molecule has 2 heterocycles. The normalized spacial score (nSPS) is 20.4. The molecule has 3 aromatic carbocycles. The molecule has 0 aromatic heterocycles. The molecule has 1 fully saturated rings. The van der Waals surface area contributed by atoms with Crippen LogP contribution in [0.25, 0.3) is 0 Å². The Hall–Kier alpha value is -3.16. The van der Waals surface area contributed by atoms with E-state index in [4.69, 9.17) is 9.47 Å². The van der Waals surface area contributed by atoms with E-state index < -0.39 is 6.04 Å². The molecule has 2 atom stereocenters. The van der Waals surface area contributed by atoms with Gasteiger partial charge in [-0.15, -0.1) is 0 Å². The summed E-state index contributed by atoms with van der Waals surface area (Å²) in [5.74, 6) is 0.979. The van der Waals surface area contributed by atoms with E-state index in [1.807, 2.05) is 42.5 Å². The van der Waals surface area contributed by atoms with E-state index in [0.29, 0.717) is 23.7 Å². The predicted octanol–water partition coefficient (Wildman–Crippen LogP) is 4.75. The SMILES string of the molecule is COc1cc2c(cc1OC)C(c1ccc(Br)cc1)N(C1CC(=O)N(c3ccccc3)C1=O)CC2. The summed E-state index contributed by atoms with van der Waals surface area (Å²) in [5.41, 5.74) is 3.88. The number of amides is 2. The summed E-state index contributed by atoms with van der Waals surface area (Å²) in [6.45, 7) is 0.648. The second-order valence-corrected chi connectivity index (χ2v) is 9.39. The van der Waals surface area contributed by atoms with Gasteiger partial charge >= 0.3 is 0 Å². The fraction of sp³-hybridized carbons (Fsp3) is 0.259. The van der Waals surface area contributed by atoms with Gasteiger partial charge in [-0.2, -0.15) is 0 Å². The summed E-state index contributed by atoms with van der Waals surface area (Å²) in [5, 5.41) is 0. The van der Waals surface area contributed by atoms with Crippen LogP contribution in [0.4, 0.5) is 5.69 Å². The molecule has 34 heavy (non-hydrogen) atoms. The van der Waals surface area contributed by atoms with Crippen LogP contribution in [0.15, 0.2) is 71.2 Å². The third-order valence-electron chi connectivity index (χ3n) is 6.63. The van der Waals surface area contributed by atoms with E-state index >= 15 is 0 Å². The van der Waals surface area contributed by atoms with E-state index in [-0.39, 0.29) is 24.3 Å². The minimum Gasteiger partial charge on any atom is -0.493 e. The number of imide groups is 1. The number of carbonyl (C=O) groups is 2. The van der Waals surface area contributed by atoms with E-state index in [1.54, 1.807) is 26.4 Å².